The van der Waals surface area contributed by atoms with Crippen LogP contribution in [0.25, 0.3) is 0 Å². The van der Waals surface area contributed by atoms with Crippen LogP contribution in [0.15, 0.2) is 40.3 Å². The lowest BCUT2D eigenvalue weighted by Gasteiger charge is -2.12. The number of thioether (sulfide) groups is 1. The molecule has 1 heterocycles. The fourth-order valence-electron chi connectivity index (χ4n) is 1.94. The molecule has 0 aliphatic carbocycles. The van der Waals surface area contributed by atoms with E-state index in [1.165, 1.54) is 18.2 Å². The number of halogens is 1. The van der Waals surface area contributed by atoms with Gasteiger partial charge in [-0.2, -0.15) is 0 Å². The van der Waals surface area contributed by atoms with E-state index >= 15 is 0 Å². The Labute approximate surface area is 137 Å². The molecule has 0 fully saturated rings. The van der Waals surface area contributed by atoms with Crippen LogP contribution in [-0.2, 0) is 11.2 Å². The van der Waals surface area contributed by atoms with E-state index in [1.54, 1.807) is 19.1 Å². The number of hydrogen-bond acceptors (Lipinski definition) is 4. The monoisotopic (exact) mass is 335 g/mol. The highest BCUT2D eigenvalue weighted by atomic mass is 32.2. The first-order valence-corrected chi connectivity index (χ1v) is 8.20. The van der Waals surface area contributed by atoms with Gasteiger partial charge >= 0.3 is 0 Å². The predicted molar refractivity (Wildman–Crippen MR) is 89.2 cm³/mol. The van der Waals surface area contributed by atoms with Crippen molar-refractivity contribution in [1.29, 1.82) is 0 Å². The Balaban J connectivity index is 2.06. The van der Waals surface area contributed by atoms with Crippen molar-refractivity contribution in [1.82, 2.24) is 9.97 Å². The van der Waals surface area contributed by atoms with E-state index in [0.29, 0.717) is 17.3 Å². The van der Waals surface area contributed by atoms with Crippen LogP contribution < -0.4 is 10.9 Å². The number of aromatic nitrogens is 2. The summed E-state index contributed by atoms with van der Waals surface area (Å²) in [5, 5.41) is 2.38. The zero-order valence-corrected chi connectivity index (χ0v) is 13.7. The number of nitrogens with one attached hydrogen (secondary N) is 2. The van der Waals surface area contributed by atoms with Crippen LogP contribution in [0.4, 0.5) is 10.1 Å². The Morgan fingerprint density at radius 1 is 1.43 bits per heavy atom. The van der Waals surface area contributed by atoms with Gasteiger partial charge in [0.15, 0.2) is 5.16 Å². The van der Waals surface area contributed by atoms with Crippen molar-refractivity contribution < 1.29 is 9.18 Å². The zero-order chi connectivity index (χ0) is 16.8. The highest BCUT2D eigenvalue weighted by Gasteiger charge is 2.17. The maximum atomic E-state index is 13.5. The molecule has 122 valence electrons. The molecule has 5 nitrogen and oxygen atoms in total. The Hall–Kier alpha value is -2.15. The Kier molecular flexibility index (Phi) is 5.92. The second kappa shape index (κ2) is 7.92. The van der Waals surface area contributed by atoms with E-state index in [1.807, 2.05) is 6.92 Å². The van der Waals surface area contributed by atoms with Gasteiger partial charge in [0.25, 0.3) is 5.56 Å². The minimum atomic E-state index is -0.533. The van der Waals surface area contributed by atoms with Gasteiger partial charge in [-0.3, -0.25) is 9.59 Å². The minimum Gasteiger partial charge on any atom is -0.323 e. The van der Waals surface area contributed by atoms with Crippen LogP contribution in [0, 0.1) is 5.82 Å². The summed E-state index contributed by atoms with van der Waals surface area (Å²) >= 11 is 1.13. The van der Waals surface area contributed by atoms with E-state index in [-0.39, 0.29) is 17.2 Å². The molecule has 0 radical (unpaired) electrons. The molecule has 2 rings (SSSR count). The largest absolute Gasteiger partial charge is 0.323 e. The van der Waals surface area contributed by atoms with Gasteiger partial charge in [0.2, 0.25) is 5.91 Å². The van der Waals surface area contributed by atoms with Gasteiger partial charge in [0, 0.05) is 11.8 Å². The van der Waals surface area contributed by atoms with Gasteiger partial charge in [-0.05, 0) is 25.5 Å². The molecular weight excluding hydrogens is 317 g/mol. The van der Waals surface area contributed by atoms with Crippen molar-refractivity contribution in [2.24, 2.45) is 0 Å². The molecule has 0 aliphatic rings. The van der Waals surface area contributed by atoms with Crippen molar-refractivity contribution in [2.75, 3.05) is 5.32 Å². The summed E-state index contributed by atoms with van der Waals surface area (Å²) in [6.07, 6.45) is 1.58. The summed E-state index contributed by atoms with van der Waals surface area (Å²) in [5.41, 5.74) is 0.583. The van der Waals surface area contributed by atoms with Crippen LogP contribution in [0.3, 0.4) is 0 Å². The lowest BCUT2D eigenvalue weighted by atomic mass is 10.2. The molecule has 1 aromatic heterocycles. The predicted octanol–water partition coefficient (Wildman–Crippen LogP) is 2.98. The fourth-order valence-corrected chi connectivity index (χ4v) is 2.77. The molecular formula is C16H18FN3O2S. The highest BCUT2D eigenvalue weighted by molar-refractivity contribution is 8.00. The second-order valence-corrected chi connectivity index (χ2v) is 6.35. The summed E-state index contributed by atoms with van der Waals surface area (Å²) in [6, 6.07) is 7.42. The topological polar surface area (TPSA) is 74.8 Å². The number of carbonyl (C=O) groups excluding carboxylic acids is 1. The molecule has 1 unspecified atom stereocenters. The summed E-state index contributed by atoms with van der Waals surface area (Å²) in [7, 11) is 0. The molecule has 1 aromatic carbocycles. The maximum absolute atomic E-state index is 13.5. The number of amides is 1. The van der Waals surface area contributed by atoms with Crippen molar-refractivity contribution in [2.45, 2.75) is 37.1 Å². The number of rotatable bonds is 6. The number of anilines is 1. The molecule has 0 saturated heterocycles. The standard InChI is InChI=1S/C16H18FN3O2S/c1-3-6-11-9-14(21)20-16(18-11)23-10(2)15(22)19-13-8-5-4-7-12(13)17/h4-5,7-10H,3,6H2,1-2H3,(H,19,22)(H,18,20,21). The first kappa shape index (κ1) is 17.2. The number of hydrogen-bond donors (Lipinski definition) is 2. The Morgan fingerprint density at radius 2 is 2.17 bits per heavy atom. The van der Waals surface area contributed by atoms with E-state index in [4.69, 9.17) is 0 Å². The lowest BCUT2D eigenvalue weighted by molar-refractivity contribution is -0.115. The maximum Gasteiger partial charge on any atom is 0.251 e. The Morgan fingerprint density at radius 3 is 2.87 bits per heavy atom. The van der Waals surface area contributed by atoms with Crippen molar-refractivity contribution in [3.8, 4) is 0 Å². The average Bonchev–Trinajstić information content (AvgIpc) is 2.49. The molecule has 0 spiro atoms. The minimum absolute atomic E-state index is 0.131. The zero-order valence-electron chi connectivity index (χ0n) is 12.9. The van der Waals surface area contributed by atoms with Crippen molar-refractivity contribution in [3.63, 3.8) is 0 Å². The van der Waals surface area contributed by atoms with Crippen LogP contribution in [0.2, 0.25) is 0 Å². The third-order valence-corrected chi connectivity index (χ3v) is 4.05. The summed E-state index contributed by atoms with van der Waals surface area (Å²) < 4.78 is 13.5. The van der Waals surface area contributed by atoms with Gasteiger partial charge < -0.3 is 10.3 Å². The molecule has 1 amide bonds. The number of aromatic amines is 1. The molecule has 2 aromatic rings. The summed E-state index contributed by atoms with van der Waals surface area (Å²) in [4.78, 5) is 30.7. The van der Waals surface area contributed by atoms with E-state index in [9.17, 15) is 14.0 Å². The Bertz CT molecular complexity index is 748. The summed E-state index contributed by atoms with van der Waals surface area (Å²) in [5.74, 6) is -0.849. The molecule has 0 saturated carbocycles. The molecule has 7 heteroatoms. The highest BCUT2D eigenvalue weighted by Crippen LogP contribution is 2.21. The molecule has 1 atom stereocenters. The van der Waals surface area contributed by atoms with Crippen LogP contribution in [-0.4, -0.2) is 21.1 Å². The third-order valence-electron chi connectivity index (χ3n) is 3.07. The van der Waals surface area contributed by atoms with Gasteiger partial charge in [0.1, 0.15) is 5.82 Å². The van der Waals surface area contributed by atoms with Crippen LogP contribution >= 0.6 is 11.8 Å². The lowest BCUT2D eigenvalue weighted by Crippen LogP contribution is -2.23. The average molecular weight is 335 g/mol. The van der Waals surface area contributed by atoms with Gasteiger partial charge in [-0.25, -0.2) is 9.37 Å². The summed E-state index contributed by atoms with van der Waals surface area (Å²) in [6.45, 7) is 3.67. The van der Waals surface area contributed by atoms with Crippen LogP contribution in [0.5, 0.6) is 0 Å². The number of para-hydroxylation sites is 1. The second-order valence-electron chi connectivity index (χ2n) is 5.02. The molecule has 0 aliphatic heterocycles. The number of aryl methyl sites for hydroxylation is 1. The van der Waals surface area contributed by atoms with Crippen LogP contribution in [0.1, 0.15) is 26.0 Å². The number of carbonyl (C=O) groups is 1. The first-order valence-electron chi connectivity index (χ1n) is 7.32. The quantitative estimate of drug-likeness (QED) is 0.629. The van der Waals surface area contributed by atoms with E-state index in [2.05, 4.69) is 15.3 Å². The van der Waals surface area contributed by atoms with Gasteiger partial charge in [-0.1, -0.05) is 37.2 Å². The normalized spacial score (nSPS) is 12.0. The third kappa shape index (κ3) is 4.92. The van der Waals surface area contributed by atoms with Crippen molar-refractivity contribution in [3.05, 3.63) is 52.2 Å². The van der Waals surface area contributed by atoms with E-state index in [0.717, 1.165) is 18.2 Å². The molecule has 23 heavy (non-hydrogen) atoms. The fraction of sp³-hybridized carbons (Fsp3) is 0.312. The van der Waals surface area contributed by atoms with Crippen molar-refractivity contribution >= 4 is 23.4 Å². The van der Waals surface area contributed by atoms with Gasteiger partial charge in [-0.15, -0.1) is 0 Å². The first-order chi connectivity index (χ1) is 11.0. The number of H-pyrrole nitrogens is 1. The SMILES string of the molecule is CCCc1cc(=O)[nH]c(SC(C)C(=O)Nc2ccccc2F)n1. The number of nitrogens with zero attached hydrogens (tertiary/aromatic N) is 1. The van der Waals surface area contributed by atoms with E-state index < -0.39 is 11.1 Å². The molecule has 0 bridgehead atoms. The molecule has 2 N–H and O–H groups in total. The number of benzene rings is 1. The smallest absolute Gasteiger partial charge is 0.251 e. The van der Waals surface area contributed by atoms with Gasteiger partial charge in [0.05, 0.1) is 10.9 Å².